The van der Waals surface area contributed by atoms with Gasteiger partial charge in [0.05, 0.1) is 11.4 Å². The second kappa shape index (κ2) is 8.04. The number of nitrogens with zero attached hydrogens (tertiary/aromatic N) is 2. The zero-order valence-corrected chi connectivity index (χ0v) is 16.6. The van der Waals surface area contributed by atoms with Crippen LogP contribution in [0.2, 0.25) is 0 Å². The van der Waals surface area contributed by atoms with Crippen LogP contribution in [0.15, 0.2) is 77.1 Å². The molecule has 1 heterocycles. The Labute approximate surface area is 169 Å². The maximum absolute atomic E-state index is 12.3. The Bertz CT molecular complexity index is 1150. The summed E-state index contributed by atoms with van der Waals surface area (Å²) in [6, 6.07) is 23.7. The van der Waals surface area contributed by atoms with Gasteiger partial charge in [-0.25, -0.2) is 4.68 Å². The summed E-state index contributed by atoms with van der Waals surface area (Å²) in [6.07, 6.45) is 0. The molecule has 0 aliphatic carbocycles. The molecule has 4 aromatic rings. The Morgan fingerprint density at radius 1 is 1.04 bits per heavy atom. The third kappa shape index (κ3) is 4.27. The molecule has 0 saturated carbocycles. The van der Waals surface area contributed by atoms with Crippen LogP contribution in [0.3, 0.4) is 0 Å². The van der Waals surface area contributed by atoms with Gasteiger partial charge in [0.1, 0.15) is 0 Å². The molecule has 0 spiro atoms. The number of aromatic nitrogens is 2. The zero-order chi connectivity index (χ0) is 18.6. The molecular weight excluding hydrogens is 394 g/mol. The highest BCUT2D eigenvalue weighted by Gasteiger charge is 2.09. The molecule has 0 atom stereocenters. The van der Waals surface area contributed by atoms with Crippen LogP contribution in [-0.2, 0) is 4.79 Å². The number of carbonyl (C=O) groups excluding carboxylic acids is 1. The van der Waals surface area contributed by atoms with Gasteiger partial charge in [0.2, 0.25) is 5.91 Å². The molecule has 0 fully saturated rings. The molecule has 27 heavy (non-hydrogen) atoms. The molecule has 3 aromatic carbocycles. The summed E-state index contributed by atoms with van der Waals surface area (Å²) in [5.41, 5.74) is 1.72. The van der Waals surface area contributed by atoms with Crippen molar-refractivity contribution in [3.8, 4) is 5.69 Å². The molecule has 7 heteroatoms. The van der Waals surface area contributed by atoms with E-state index in [0.29, 0.717) is 3.95 Å². The van der Waals surface area contributed by atoms with Gasteiger partial charge in [-0.3, -0.25) is 4.79 Å². The smallest absolute Gasteiger partial charge is 0.234 e. The quantitative estimate of drug-likeness (QED) is 0.347. The highest BCUT2D eigenvalue weighted by molar-refractivity contribution is 8.01. The molecule has 1 amide bonds. The molecule has 134 valence electrons. The number of carbonyl (C=O) groups is 1. The average Bonchev–Trinajstić information content (AvgIpc) is 3.08. The lowest BCUT2D eigenvalue weighted by atomic mass is 10.1. The number of hydrogen-bond donors (Lipinski definition) is 1. The molecule has 1 N–H and O–H groups in total. The number of fused-ring (bicyclic) bond motifs is 1. The molecule has 0 radical (unpaired) electrons. The predicted octanol–water partition coefficient (Wildman–Crippen LogP) is 5.55. The maximum atomic E-state index is 12.3. The summed E-state index contributed by atoms with van der Waals surface area (Å²) >= 11 is 8.19. The standard InChI is InChI=1S/C20H15N3OS3/c24-18(21-16-11-10-14-6-4-5-7-15(14)12-16)13-26-19-22-23(20(25)27-19)17-8-2-1-3-9-17/h1-12H,13H2,(H,21,24). The third-order valence-electron chi connectivity index (χ3n) is 3.89. The zero-order valence-electron chi connectivity index (χ0n) is 14.2. The Kier molecular flexibility index (Phi) is 5.33. The van der Waals surface area contributed by atoms with Gasteiger partial charge in [-0.2, -0.15) is 0 Å². The molecule has 1 aromatic heterocycles. The lowest BCUT2D eigenvalue weighted by molar-refractivity contribution is -0.113. The highest BCUT2D eigenvalue weighted by atomic mass is 32.2. The monoisotopic (exact) mass is 409 g/mol. The second-order valence-electron chi connectivity index (χ2n) is 5.78. The first-order valence-electron chi connectivity index (χ1n) is 8.26. The van der Waals surface area contributed by atoms with E-state index in [1.807, 2.05) is 72.8 Å². The van der Waals surface area contributed by atoms with Crippen molar-refractivity contribution in [1.82, 2.24) is 9.78 Å². The lowest BCUT2D eigenvalue weighted by Gasteiger charge is -2.06. The molecule has 0 aliphatic rings. The van der Waals surface area contributed by atoms with E-state index in [0.717, 1.165) is 26.5 Å². The van der Waals surface area contributed by atoms with Crippen molar-refractivity contribution >= 4 is 57.7 Å². The SMILES string of the molecule is O=C(CSc1nn(-c2ccccc2)c(=S)s1)Nc1ccc2ccccc2c1. The van der Waals surface area contributed by atoms with Gasteiger partial charge >= 0.3 is 0 Å². The van der Waals surface area contributed by atoms with Crippen LogP contribution in [0.5, 0.6) is 0 Å². The van der Waals surface area contributed by atoms with Gasteiger partial charge in [-0.1, -0.05) is 71.6 Å². The van der Waals surface area contributed by atoms with E-state index in [1.165, 1.54) is 23.1 Å². The predicted molar refractivity (Wildman–Crippen MR) is 116 cm³/mol. The van der Waals surface area contributed by atoms with Crippen molar-refractivity contribution in [2.45, 2.75) is 4.34 Å². The van der Waals surface area contributed by atoms with Crippen molar-refractivity contribution in [1.29, 1.82) is 0 Å². The minimum Gasteiger partial charge on any atom is -0.325 e. The number of nitrogens with one attached hydrogen (secondary N) is 1. The van der Waals surface area contributed by atoms with E-state index in [4.69, 9.17) is 12.2 Å². The summed E-state index contributed by atoms with van der Waals surface area (Å²) in [5, 5.41) is 9.70. The fourth-order valence-electron chi connectivity index (χ4n) is 2.64. The van der Waals surface area contributed by atoms with Gasteiger partial charge in [0, 0.05) is 5.69 Å². The van der Waals surface area contributed by atoms with Gasteiger partial charge in [-0.05, 0) is 47.3 Å². The Balaban J connectivity index is 1.41. The van der Waals surface area contributed by atoms with Crippen LogP contribution in [0.1, 0.15) is 0 Å². The second-order valence-corrected chi connectivity index (χ2v) is 8.63. The summed E-state index contributed by atoms with van der Waals surface area (Å²) in [6.45, 7) is 0. The minimum absolute atomic E-state index is 0.0670. The summed E-state index contributed by atoms with van der Waals surface area (Å²) in [7, 11) is 0. The first-order chi connectivity index (χ1) is 13.2. The lowest BCUT2D eigenvalue weighted by Crippen LogP contribution is -2.13. The number of hydrogen-bond acceptors (Lipinski definition) is 5. The Morgan fingerprint density at radius 2 is 1.78 bits per heavy atom. The van der Waals surface area contributed by atoms with Crippen molar-refractivity contribution in [3.05, 3.63) is 76.8 Å². The van der Waals surface area contributed by atoms with Crippen LogP contribution >= 0.6 is 35.3 Å². The first kappa shape index (κ1) is 17.9. The maximum Gasteiger partial charge on any atom is 0.234 e. The molecular formula is C20H15N3OS3. The molecule has 4 rings (SSSR count). The fourth-order valence-corrected chi connectivity index (χ4v) is 4.80. The molecule has 4 nitrogen and oxygen atoms in total. The topological polar surface area (TPSA) is 46.9 Å². The van der Waals surface area contributed by atoms with Crippen LogP contribution in [0.25, 0.3) is 16.5 Å². The van der Waals surface area contributed by atoms with Gasteiger partial charge in [0.15, 0.2) is 8.29 Å². The Hall–Kier alpha value is -2.48. The minimum atomic E-state index is -0.0670. The molecule has 0 aliphatic heterocycles. The van der Waals surface area contributed by atoms with E-state index in [9.17, 15) is 4.79 Å². The largest absolute Gasteiger partial charge is 0.325 e. The van der Waals surface area contributed by atoms with Gasteiger partial charge in [0.25, 0.3) is 0 Å². The number of thioether (sulfide) groups is 1. The van der Waals surface area contributed by atoms with Crippen LogP contribution in [0, 0.1) is 3.95 Å². The van der Waals surface area contributed by atoms with Crippen molar-refractivity contribution in [3.63, 3.8) is 0 Å². The van der Waals surface area contributed by atoms with Crippen LogP contribution in [-0.4, -0.2) is 21.4 Å². The summed E-state index contributed by atoms with van der Waals surface area (Å²) in [5.74, 6) is 0.215. The average molecular weight is 410 g/mol. The normalized spacial score (nSPS) is 10.8. The highest BCUT2D eigenvalue weighted by Crippen LogP contribution is 2.24. The molecule has 0 saturated heterocycles. The van der Waals surface area contributed by atoms with Crippen LogP contribution < -0.4 is 5.32 Å². The van der Waals surface area contributed by atoms with Gasteiger partial charge in [-0.15, -0.1) is 5.10 Å². The molecule has 0 bridgehead atoms. The number of rotatable bonds is 5. The molecule has 0 unspecified atom stereocenters. The third-order valence-corrected chi connectivity index (χ3v) is 6.26. The van der Waals surface area contributed by atoms with E-state index in [-0.39, 0.29) is 11.7 Å². The van der Waals surface area contributed by atoms with Crippen molar-refractivity contribution in [2.24, 2.45) is 0 Å². The number of amides is 1. The number of anilines is 1. The summed E-state index contributed by atoms with van der Waals surface area (Å²) < 4.78 is 3.17. The number of para-hydroxylation sites is 1. The van der Waals surface area contributed by atoms with Gasteiger partial charge < -0.3 is 5.32 Å². The van der Waals surface area contributed by atoms with E-state index >= 15 is 0 Å². The number of benzene rings is 3. The van der Waals surface area contributed by atoms with E-state index < -0.39 is 0 Å². The fraction of sp³-hybridized carbons (Fsp3) is 0.0500. The van der Waals surface area contributed by atoms with E-state index in [1.54, 1.807) is 4.68 Å². The first-order valence-corrected chi connectivity index (χ1v) is 10.5. The van der Waals surface area contributed by atoms with Crippen molar-refractivity contribution < 1.29 is 4.79 Å². The van der Waals surface area contributed by atoms with Crippen LogP contribution in [0.4, 0.5) is 5.69 Å². The summed E-state index contributed by atoms with van der Waals surface area (Å²) in [4.78, 5) is 12.3. The van der Waals surface area contributed by atoms with Crippen molar-refractivity contribution in [2.75, 3.05) is 11.1 Å². The Morgan fingerprint density at radius 3 is 2.59 bits per heavy atom. The van der Waals surface area contributed by atoms with E-state index in [2.05, 4.69) is 10.4 Å².